The Morgan fingerprint density at radius 3 is 2.71 bits per heavy atom. The molecule has 17 heavy (non-hydrogen) atoms. The molecule has 0 amide bonds. The Balaban J connectivity index is 2.24. The highest BCUT2D eigenvalue weighted by Gasteiger charge is 2.10. The number of aliphatic carboxylic acids is 1. The van der Waals surface area contributed by atoms with E-state index in [2.05, 4.69) is 10.3 Å². The number of hydrogen-bond donors (Lipinski definition) is 1. The Bertz CT molecular complexity index is 520. The highest BCUT2D eigenvalue weighted by Crippen LogP contribution is 2.12. The zero-order chi connectivity index (χ0) is 12.3. The van der Waals surface area contributed by atoms with Crippen molar-refractivity contribution in [3.8, 4) is 5.69 Å². The van der Waals surface area contributed by atoms with Crippen LogP contribution in [0.15, 0.2) is 30.3 Å². The van der Waals surface area contributed by atoms with Crippen LogP contribution in [0.3, 0.4) is 0 Å². The summed E-state index contributed by atoms with van der Waals surface area (Å²) in [6.07, 6.45) is 0.488. The summed E-state index contributed by atoms with van der Waals surface area (Å²) in [6, 6.07) is 9.65. The molecule has 0 radical (unpaired) electrons. The lowest BCUT2D eigenvalue weighted by atomic mass is 10.2. The van der Waals surface area contributed by atoms with Crippen molar-refractivity contribution in [3.63, 3.8) is 0 Å². The van der Waals surface area contributed by atoms with Crippen molar-refractivity contribution in [1.29, 1.82) is 0 Å². The summed E-state index contributed by atoms with van der Waals surface area (Å²) >= 11 is 0. The third kappa shape index (κ3) is 2.50. The highest BCUT2D eigenvalue weighted by molar-refractivity contribution is 5.67. The van der Waals surface area contributed by atoms with Crippen molar-refractivity contribution in [2.45, 2.75) is 19.8 Å². The number of para-hydroxylation sites is 1. The number of nitrogens with zero attached hydrogens (tertiary/aromatic N) is 3. The number of carbonyl (C=O) groups is 1. The van der Waals surface area contributed by atoms with Gasteiger partial charge in [0.1, 0.15) is 0 Å². The molecule has 5 heteroatoms. The van der Waals surface area contributed by atoms with Crippen LogP contribution < -0.4 is 0 Å². The fraction of sp³-hybridized carbons (Fsp3) is 0.250. The molecule has 0 aliphatic carbocycles. The van der Waals surface area contributed by atoms with Crippen molar-refractivity contribution >= 4 is 5.97 Å². The van der Waals surface area contributed by atoms with Gasteiger partial charge in [-0.05, 0) is 19.1 Å². The second-order valence-electron chi connectivity index (χ2n) is 3.76. The largest absolute Gasteiger partial charge is 0.481 e. The number of benzene rings is 1. The molecular formula is C12H13N3O2. The quantitative estimate of drug-likeness (QED) is 0.867. The summed E-state index contributed by atoms with van der Waals surface area (Å²) in [4.78, 5) is 10.5. The minimum absolute atomic E-state index is 0.0777. The molecule has 0 atom stereocenters. The van der Waals surface area contributed by atoms with Crippen molar-refractivity contribution in [3.05, 3.63) is 41.7 Å². The number of hydrogen-bond acceptors (Lipinski definition) is 3. The molecule has 1 N–H and O–H groups in total. The van der Waals surface area contributed by atoms with Gasteiger partial charge in [0.25, 0.3) is 0 Å². The van der Waals surface area contributed by atoms with Crippen LogP contribution >= 0.6 is 0 Å². The Kier molecular flexibility index (Phi) is 3.18. The molecule has 0 aliphatic rings. The van der Waals surface area contributed by atoms with E-state index >= 15 is 0 Å². The average molecular weight is 231 g/mol. The lowest BCUT2D eigenvalue weighted by molar-refractivity contribution is -0.136. The van der Waals surface area contributed by atoms with Gasteiger partial charge in [0.2, 0.25) is 0 Å². The second-order valence-corrected chi connectivity index (χ2v) is 3.76. The maximum atomic E-state index is 10.5. The SMILES string of the molecule is Cc1c(CCC(=O)O)nnn1-c1ccccc1. The zero-order valence-corrected chi connectivity index (χ0v) is 9.50. The Morgan fingerprint density at radius 1 is 1.35 bits per heavy atom. The third-order valence-corrected chi connectivity index (χ3v) is 2.57. The summed E-state index contributed by atoms with van der Waals surface area (Å²) in [6.45, 7) is 1.89. The predicted octanol–water partition coefficient (Wildman–Crippen LogP) is 1.59. The predicted molar refractivity (Wildman–Crippen MR) is 62.1 cm³/mol. The number of aryl methyl sites for hydroxylation is 1. The van der Waals surface area contributed by atoms with Crippen LogP contribution in [-0.4, -0.2) is 26.1 Å². The van der Waals surface area contributed by atoms with Crippen LogP contribution in [0.2, 0.25) is 0 Å². The molecule has 2 rings (SSSR count). The van der Waals surface area contributed by atoms with Gasteiger partial charge in [-0.25, -0.2) is 4.68 Å². The van der Waals surface area contributed by atoms with Crippen LogP contribution in [0.25, 0.3) is 5.69 Å². The first-order valence-electron chi connectivity index (χ1n) is 5.37. The molecule has 0 spiro atoms. The summed E-state index contributed by atoms with van der Waals surface area (Å²) in [5.41, 5.74) is 2.55. The third-order valence-electron chi connectivity index (χ3n) is 2.57. The maximum absolute atomic E-state index is 10.5. The Hall–Kier alpha value is -2.17. The molecule has 0 fully saturated rings. The van der Waals surface area contributed by atoms with Crippen LogP contribution in [0.4, 0.5) is 0 Å². The average Bonchev–Trinajstić information content (AvgIpc) is 2.69. The summed E-state index contributed by atoms with van der Waals surface area (Å²) in [5.74, 6) is -0.821. The van der Waals surface area contributed by atoms with Crippen molar-refractivity contribution in [1.82, 2.24) is 15.0 Å². The molecule has 0 saturated heterocycles. The first-order chi connectivity index (χ1) is 8.18. The second kappa shape index (κ2) is 4.78. The van der Waals surface area contributed by atoms with Gasteiger partial charge < -0.3 is 5.11 Å². The molecule has 0 saturated carbocycles. The fourth-order valence-electron chi connectivity index (χ4n) is 1.63. The van der Waals surface area contributed by atoms with E-state index in [4.69, 9.17) is 5.11 Å². The van der Waals surface area contributed by atoms with Gasteiger partial charge >= 0.3 is 5.97 Å². The fourth-order valence-corrected chi connectivity index (χ4v) is 1.63. The van der Waals surface area contributed by atoms with E-state index in [0.29, 0.717) is 6.42 Å². The number of aromatic nitrogens is 3. The van der Waals surface area contributed by atoms with E-state index in [9.17, 15) is 4.79 Å². The van der Waals surface area contributed by atoms with Crippen molar-refractivity contribution in [2.24, 2.45) is 0 Å². The summed E-state index contributed by atoms with van der Waals surface area (Å²) in [7, 11) is 0. The number of carboxylic acids is 1. The van der Waals surface area contributed by atoms with Gasteiger partial charge in [-0.15, -0.1) is 5.10 Å². The normalized spacial score (nSPS) is 10.4. The minimum Gasteiger partial charge on any atom is -0.481 e. The molecule has 5 nitrogen and oxygen atoms in total. The lowest BCUT2D eigenvalue weighted by Gasteiger charge is -2.02. The minimum atomic E-state index is -0.821. The molecule has 88 valence electrons. The smallest absolute Gasteiger partial charge is 0.303 e. The van der Waals surface area contributed by atoms with Gasteiger partial charge in [0, 0.05) is 6.42 Å². The van der Waals surface area contributed by atoms with Crippen LogP contribution in [0, 0.1) is 6.92 Å². The number of carboxylic acid groups (broad SMARTS) is 1. The lowest BCUT2D eigenvalue weighted by Crippen LogP contribution is -2.01. The summed E-state index contributed by atoms with van der Waals surface area (Å²) < 4.78 is 1.72. The standard InChI is InChI=1S/C12H13N3O2/c1-9-11(7-8-12(16)17)13-14-15(9)10-5-3-2-4-6-10/h2-6H,7-8H2,1H3,(H,16,17). The monoisotopic (exact) mass is 231 g/mol. The van der Waals surface area contributed by atoms with Crippen molar-refractivity contribution in [2.75, 3.05) is 0 Å². The molecule has 1 aromatic carbocycles. The van der Waals surface area contributed by atoms with Gasteiger partial charge in [0.05, 0.1) is 23.5 Å². The van der Waals surface area contributed by atoms with E-state index in [-0.39, 0.29) is 6.42 Å². The first kappa shape index (κ1) is 11.3. The molecule has 1 aromatic heterocycles. The number of rotatable bonds is 4. The van der Waals surface area contributed by atoms with E-state index in [1.807, 2.05) is 37.3 Å². The van der Waals surface area contributed by atoms with E-state index in [0.717, 1.165) is 17.1 Å². The molecule has 1 heterocycles. The van der Waals surface area contributed by atoms with E-state index in [1.54, 1.807) is 4.68 Å². The zero-order valence-electron chi connectivity index (χ0n) is 9.50. The van der Waals surface area contributed by atoms with Crippen molar-refractivity contribution < 1.29 is 9.90 Å². The Morgan fingerprint density at radius 2 is 2.06 bits per heavy atom. The molecule has 0 unspecified atom stereocenters. The van der Waals surface area contributed by atoms with Crippen LogP contribution in [0.5, 0.6) is 0 Å². The van der Waals surface area contributed by atoms with Gasteiger partial charge in [-0.1, -0.05) is 23.4 Å². The first-order valence-corrected chi connectivity index (χ1v) is 5.37. The molecule has 2 aromatic rings. The van der Waals surface area contributed by atoms with Gasteiger partial charge in [0.15, 0.2) is 0 Å². The van der Waals surface area contributed by atoms with Gasteiger partial charge in [-0.3, -0.25) is 4.79 Å². The van der Waals surface area contributed by atoms with E-state index < -0.39 is 5.97 Å². The van der Waals surface area contributed by atoms with E-state index in [1.165, 1.54) is 0 Å². The van der Waals surface area contributed by atoms with Crippen LogP contribution in [-0.2, 0) is 11.2 Å². The van der Waals surface area contributed by atoms with Gasteiger partial charge in [-0.2, -0.15) is 0 Å². The van der Waals surface area contributed by atoms with Crippen LogP contribution in [0.1, 0.15) is 17.8 Å². The topological polar surface area (TPSA) is 68.0 Å². The molecule has 0 bridgehead atoms. The molecule has 0 aliphatic heterocycles. The highest BCUT2D eigenvalue weighted by atomic mass is 16.4. The Labute approximate surface area is 98.7 Å². The molecular weight excluding hydrogens is 218 g/mol. The maximum Gasteiger partial charge on any atom is 0.303 e. The summed E-state index contributed by atoms with van der Waals surface area (Å²) in [5, 5.41) is 16.7.